The minimum absolute atomic E-state index is 0.316. The summed E-state index contributed by atoms with van der Waals surface area (Å²) < 4.78 is 22.9. The molecule has 4 nitrogen and oxygen atoms in total. The zero-order chi connectivity index (χ0) is 13.0. The first kappa shape index (κ1) is 13.3. The Hall–Kier alpha value is -1.78. The summed E-state index contributed by atoms with van der Waals surface area (Å²) in [6, 6.07) is 2.97. The van der Waals surface area contributed by atoms with E-state index in [-0.39, 0.29) is 0 Å². The first-order chi connectivity index (χ1) is 8.04. The second-order valence-corrected chi connectivity index (χ2v) is 3.60. The number of carbonyl (C=O) groups is 1. The van der Waals surface area contributed by atoms with Crippen molar-refractivity contribution in [1.82, 2.24) is 0 Å². The Labute approximate surface area is 99.0 Å². The Kier molecular flexibility index (Phi) is 4.31. The van der Waals surface area contributed by atoms with Crippen molar-refractivity contribution in [2.75, 3.05) is 14.2 Å². The number of methoxy groups -OCH3 is 2. The fourth-order valence-electron chi connectivity index (χ4n) is 1.57. The lowest BCUT2D eigenvalue weighted by Crippen LogP contribution is -2.10. The molecule has 0 saturated heterocycles. The smallest absolute Gasteiger partial charge is 0.310 e. The van der Waals surface area contributed by atoms with Gasteiger partial charge in [0.1, 0.15) is 18.2 Å². The van der Waals surface area contributed by atoms with Gasteiger partial charge in [0.05, 0.1) is 20.1 Å². The summed E-state index contributed by atoms with van der Waals surface area (Å²) in [5.74, 6) is -1.01. The number of rotatable bonds is 5. The van der Waals surface area contributed by atoms with E-state index in [1.807, 2.05) is 0 Å². The molecule has 0 radical (unpaired) electrons. The fraction of sp³-hybridized carbons (Fsp3) is 0.417. The molecule has 5 heteroatoms. The average molecular weight is 242 g/mol. The van der Waals surface area contributed by atoms with E-state index in [1.165, 1.54) is 33.3 Å². The molecule has 1 N–H and O–H groups in total. The largest absolute Gasteiger partial charge is 0.496 e. The summed E-state index contributed by atoms with van der Waals surface area (Å²) in [6.45, 7) is 0.807. The van der Waals surface area contributed by atoms with Crippen LogP contribution in [-0.4, -0.2) is 25.3 Å². The van der Waals surface area contributed by atoms with Crippen LogP contribution in [0.15, 0.2) is 12.1 Å². The maximum atomic E-state index is 12.8. The number of aliphatic carboxylic acids is 1. The summed E-state index contributed by atoms with van der Waals surface area (Å²) >= 11 is 0. The molecule has 0 fully saturated rings. The molecule has 0 heterocycles. The van der Waals surface area contributed by atoms with Crippen LogP contribution in [0.4, 0.5) is 4.39 Å². The highest BCUT2D eigenvalue weighted by Gasteiger charge is 2.20. The maximum Gasteiger partial charge on any atom is 0.310 e. The average Bonchev–Trinajstić information content (AvgIpc) is 2.35. The van der Waals surface area contributed by atoms with Gasteiger partial charge in [0.25, 0.3) is 0 Å². The van der Waals surface area contributed by atoms with Crippen molar-refractivity contribution in [2.45, 2.75) is 19.5 Å². The van der Waals surface area contributed by atoms with Crippen LogP contribution in [0, 0.1) is 0 Å². The number of carboxylic acid groups (broad SMARTS) is 1. The fourth-order valence-corrected chi connectivity index (χ4v) is 1.57. The lowest BCUT2D eigenvalue weighted by atomic mass is 9.97. The molecule has 1 rings (SSSR count). The van der Waals surface area contributed by atoms with Gasteiger partial charge in [0.2, 0.25) is 0 Å². The molecule has 0 amide bonds. The molecule has 1 unspecified atom stereocenters. The molecule has 0 bridgehead atoms. The van der Waals surface area contributed by atoms with Crippen LogP contribution in [0.25, 0.3) is 0 Å². The number of halogens is 1. The highest BCUT2D eigenvalue weighted by Crippen LogP contribution is 2.34. The van der Waals surface area contributed by atoms with Gasteiger partial charge < -0.3 is 14.6 Å². The molecule has 0 aromatic heterocycles. The molecule has 0 saturated carbocycles. The van der Waals surface area contributed by atoms with E-state index in [0.717, 1.165) is 0 Å². The Bertz CT molecular complexity index is 417. The molecule has 0 aliphatic carbocycles. The normalized spacial score (nSPS) is 12.0. The minimum atomic E-state index is -0.988. The molecule has 1 atom stereocenters. The molecule has 0 spiro atoms. The number of benzene rings is 1. The third-order valence-corrected chi connectivity index (χ3v) is 2.61. The summed E-state index contributed by atoms with van der Waals surface area (Å²) in [5.41, 5.74) is 0.754. The minimum Gasteiger partial charge on any atom is -0.496 e. The molecule has 0 aliphatic rings. The van der Waals surface area contributed by atoms with Crippen molar-refractivity contribution < 1.29 is 23.8 Å². The monoisotopic (exact) mass is 242 g/mol. The molecule has 17 heavy (non-hydrogen) atoms. The summed E-state index contributed by atoms with van der Waals surface area (Å²) in [5, 5.41) is 8.96. The van der Waals surface area contributed by atoms with Crippen LogP contribution in [0.5, 0.6) is 11.5 Å². The van der Waals surface area contributed by atoms with Gasteiger partial charge in [0.15, 0.2) is 0 Å². The van der Waals surface area contributed by atoms with Crippen LogP contribution in [-0.2, 0) is 11.5 Å². The number of alkyl halides is 1. The standard InChI is InChI=1S/C12H15FO4/c1-7(12(14)15)9-4-8(6-13)10(16-2)5-11(9)17-3/h4-5,7H,6H2,1-3H3,(H,14,15). The third kappa shape index (κ3) is 2.67. The van der Waals surface area contributed by atoms with Gasteiger partial charge in [-0.2, -0.15) is 0 Å². The predicted octanol–water partition coefficient (Wildman–Crippen LogP) is 2.36. The molecule has 1 aromatic rings. The third-order valence-electron chi connectivity index (χ3n) is 2.61. The molecular formula is C12H15FO4. The second kappa shape index (κ2) is 5.52. The maximum absolute atomic E-state index is 12.8. The lowest BCUT2D eigenvalue weighted by molar-refractivity contribution is -0.138. The highest BCUT2D eigenvalue weighted by atomic mass is 19.1. The predicted molar refractivity (Wildman–Crippen MR) is 60.4 cm³/mol. The molecule has 94 valence electrons. The van der Waals surface area contributed by atoms with Gasteiger partial charge >= 0.3 is 5.97 Å². The van der Waals surface area contributed by atoms with Gasteiger partial charge in [-0.1, -0.05) is 0 Å². The van der Waals surface area contributed by atoms with Crippen molar-refractivity contribution in [1.29, 1.82) is 0 Å². The van der Waals surface area contributed by atoms with Gasteiger partial charge in [-0.3, -0.25) is 4.79 Å². The topological polar surface area (TPSA) is 55.8 Å². The van der Waals surface area contributed by atoms with Gasteiger partial charge in [-0.25, -0.2) is 4.39 Å². The number of hydrogen-bond acceptors (Lipinski definition) is 3. The molecule has 0 aliphatic heterocycles. The SMILES string of the molecule is COc1cc(OC)c(C(C)C(=O)O)cc1CF. The van der Waals surface area contributed by atoms with E-state index in [4.69, 9.17) is 14.6 Å². The van der Waals surface area contributed by atoms with E-state index < -0.39 is 18.6 Å². The van der Waals surface area contributed by atoms with Crippen LogP contribution in [0.2, 0.25) is 0 Å². The molecule has 1 aromatic carbocycles. The van der Waals surface area contributed by atoms with E-state index >= 15 is 0 Å². The van der Waals surface area contributed by atoms with Gasteiger partial charge in [-0.15, -0.1) is 0 Å². The van der Waals surface area contributed by atoms with E-state index in [0.29, 0.717) is 22.6 Å². The highest BCUT2D eigenvalue weighted by molar-refractivity contribution is 5.77. The first-order valence-electron chi connectivity index (χ1n) is 5.08. The number of ether oxygens (including phenoxy) is 2. The van der Waals surface area contributed by atoms with E-state index in [9.17, 15) is 9.18 Å². The van der Waals surface area contributed by atoms with Crippen molar-refractivity contribution in [2.24, 2.45) is 0 Å². The summed E-state index contributed by atoms with van der Waals surface area (Å²) in [7, 11) is 2.86. The molecular weight excluding hydrogens is 227 g/mol. The zero-order valence-electron chi connectivity index (χ0n) is 9.99. The van der Waals surface area contributed by atoms with E-state index in [1.54, 1.807) is 0 Å². The van der Waals surface area contributed by atoms with E-state index in [2.05, 4.69) is 0 Å². The Balaban J connectivity index is 3.33. The first-order valence-corrected chi connectivity index (χ1v) is 5.08. The van der Waals surface area contributed by atoms with Crippen LogP contribution in [0.3, 0.4) is 0 Å². The van der Waals surface area contributed by atoms with Gasteiger partial charge in [-0.05, 0) is 13.0 Å². The van der Waals surface area contributed by atoms with Crippen molar-refractivity contribution in [3.63, 3.8) is 0 Å². The van der Waals surface area contributed by atoms with Crippen molar-refractivity contribution in [3.05, 3.63) is 23.3 Å². The van der Waals surface area contributed by atoms with Crippen LogP contribution >= 0.6 is 0 Å². The van der Waals surface area contributed by atoms with Gasteiger partial charge in [0, 0.05) is 17.2 Å². The lowest BCUT2D eigenvalue weighted by Gasteiger charge is -2.15. The van der Waals surface area contributed by atoms with Crippen molar-refractivity contribution >= 4 is 5.97 Å². The summed E-state index contributed by atoms with van der Waals surface area (Å²) in [4.78, 5) is 10.9. The summed E-state index contributed by atoms with van der Waals surface area (Å²) in [6.07, 6.45) is 0. The Morgan fingerprint density at radius 1 is 1.35 bits per heavy atom. The second-order valence-electron chi connectivity index (χ2n) is 3.60. The van der Waals surface area contributed by atoms with Crippen molar-refractivity contribution in [3.8, 4) is 11.5 Å². The quantitative estimate of drug-likeness (QED) is 0.861. The Morgan fingerprint density at radius 2 is 1.94 bits per heavy atom. The number of carboxylic acids is 1. The number of hydrogen-bond donors (Lipinski definition) is 1. The Morgan fingerprint density at radius 3 is 2.35 bits per heavy atom. The van der Waals surface area contributed by atoms with Crippen LogP contribution < -0.4 is 9.47 Å². The zero-order valence-corrected chi connectivity index (χ0v) is 9.99. The van der Waals surface area contributed by atoms with Crippen LogP contribution in [0.1, 0.15) is 24.0 Å².